The van der Waals surface area contributed by atoms with Crippen LogP contribution in [-0.4, -0.2) is 88.0 Å². The number of aliphatic hydroxyl groups is 1. The summed E-state index contributed by atoms with van der Waals surface area (Å²) < 4.78 is 1.87. The summed E-state index contributed by atoms with van der Waals surface area (Å²) in [6.45, 7) is 7.07. The molecule has 2 fully saturated rings. The first kappa shape index (κ1) is 17.7. The van der Waals surface area contributed by atoms with Crippen LogP contribution in [0.25, 0.3) is 5.69 Å². The van der Waals surface area contributed by atoms with Gasteiger partial charge in [0.05, 0.1) is 11.8 Å². The van der Waals surface area contributed by atoms with E-state index >= 15 is 0 Å². The quantitative estimate of drug-likeness (QED) is 0.889. The number of nitrogens with zero attached hydrogens (tertiary/aromatic N) is 5. The molecule has 0 bridgehead atoms. The van der Waals surface area contributed by atoms with E-state index in [9.17, 15) is 5.11 Å². The molecule has 1 N–H and O–H groups in total. The monoisotopic (exact) mass is 355 g/mol. The van der Waals surface area contributed by atoms with Crippen molar-refractivity contribution in [1.82, 2.24) is 24.5 Å². The fraction of sp³-hybridized carbons (Fsp3) is 0.550. The molecular weight excluding hydrogens is 326 g/mol. The second kappa shape index (κ2) is 7.88. The first-order chi connectivity index (χ1) is 12.7. The number of β-amino-alcohol motifs (C(OH)–C–C–N with tert-alkyl or cyclic N) is 1. The van der Waals surface area contributed by atoms with Gasteiger partial charge >= 0.3 is 0 Å². The van der Waals surface area contributed by atoms with E-state index < -0.39 is 0 Å². The maximum Gasteiger partial charge on any atom is 0.0822 e. The van der Waals surface area contributed by atoms with Crippen molar-refractivity contribution < 1.29 is 5.11 Å². The average Bonchev–Trinajstić information content (AvgIpc) is 3.18. The number of hydrogen-bond donors (Lipinski definition) is 1. The largest absolute Gasteiger partial charge is 0.390 e. The summed E-state index contributed by atoms with van der Waals surface area (Å²) in [6.07, 6.45) is 4.54. The molecule has 1 aromatic carbocycles. The van der Waals surface area contributed by atoms with E-state index in [-0.39, 0.29) is 6.10 Å². The summed E-state index contributed by atoms with van der Waals surface area (Å²) >= 11 is 0. The highest BCUT2D eigenvalue weighted by Gasteiger charge is 2.33. The van der Waals surface area contributed by atoms with Gasteiger partial charge in [0.25, 0.3) is 0 Å². The highest BCUT2D eigenvalue weighted by atomic mass is 16.3. The zero-order chi connectivity index (χ0) is 17.9. The molecule has 2 aromatic rings. The van der Waals surface area contributed by atoms with Crippen LogP contribution in [-0.2, 0) is 6.54 Å². The fourth-order valence-corrected chi connectivity index (χ4v) is 4.14. The Hall–Kier alpha value is -1.73. The van der Waals surface area contributed by atoms with Gasteiger partial charge in [0.15, 0.2) is 0 Å². The molecule has 0 amide bonds. The zero-order valence-corrected chi connectivity index (χ0v) is 15.5. The van der Waals surface area contributed by atoms with Crippen LogP contribution in [0.2, 0.25) is 0 Å². The Bertz CT molecular complexity index is 679. The molecule has 2 atom stereocenters. The minimum atomic E-state index is -0.254. The lowest BCUT2D eigenvalue weighted by Gasteiger charge is -2.44. The SMILES string of the molecule is CN1CCN([C@@H]2CCN(Cc3ccc(-n4cccn4)cc3)C[C@H]2O)CC1. The Morgan fingerprint density at radius 3 is 2.50 bits per heavy atom. The summed E-state index contributed by atoms with van der Waals surface area (Å²) in [5.74, 6) is 0. The van der Waals surface area contributed by atoms with Crippen LogP contribution in [0.3, 0.4) is 0 Å². The van der Waals surface area contributed by atoms with Crippen molar-refractivity contribution in [3.8, 4) is 5.69 Å². The third-order valence-electron chi connectivity index (χ3n) is 5.75. The number of benzene rings is 1. The van der Waals surface area contributed by atoms with Crippen molar-refractivity contribution in [3.05, 3.63) is 48.3 Å². The maximum absolute atomic E-state index is 10.7. The third kappa shape index (κ3) is 3.99. The highest BCUT2D eigenvalue weighted by Crippen LogP contribution is 2.20. The number of piperidine rings is 1. The standard InChI is InChI=1S/C20H29N5O/c1-22-11-13-24(14-12-22)19-7-10-23(16-20(19)26)15-17-3-5-18(6-4-17)25-9-2-8-21-25/h2-6,8-9,19-20,26H,7,10-16H2,1H3/t19-,20-/m1/s1. The first-order valence-corrected chi connectivity index (χ1v) is 9.61. The van der Waals surface area contributed by atoms with Crippen molar-refractivity contribution in [2.45, 2.75) is 25.1 Å². The first-order valence-electron chi connectivity index (χ1n) is 9.61. The minimum absolute atomic E-state index is 0.254. The van der Waals surface area contributed by atoms with Gasteiger partial charge < -0.3 is 10.0 Å². The topological polar surface area (TPSA) is 47.8 Å². The van der Waals surface area contributed by atoms with Crippen LogP contribution in [0.1, 0.15) is 12.0 Å². The van der Waals surface area contributed by atoms with E-state index in [4.69, 9.17) is 0 Å². The Morgan fingerprint density at radius 1 is 1.08 bits per heavy atom. The molecular formula is C20H29N5O. The van der Waals surface area contributed by atoms with Crippen molar-refractivity contribution in [2.75, 3.05) is 46.3 Å². The number of aliphatic hydroxyl groups excluding tert-OH is 1. The van der Waals surface area contributed by atoms with Crippen LogP contribution < -0.4 is 0 Å². The van der Waals surface area contributed by atoms with Crippen LogP contribution >= 0.6 is 0 Å². The minimum Gasteiger partial charge on any atom is -0.390 e. The number of hydrogen-bond acceptors (Lipinski definition) is 5. The van der Waals surface area contributed by atoms with E-state index in [0.29, 0.717) is 6.04 Å². The molecule has 2 aliphatic heterocycles. The molecule has 1 aromatic heterocycles. The number of aromatic nitrogens is 2. The van der Waals surface area contributed by atoms with Gasteiger partial charge in [-0.1, -0.05) is 12.1 Å². The summed E-state index contributed by atoms with van der Waals surface area (Å²) in [5, 5.41) is 15.0. The molecule has 2 aliphatic rings. The molecule has 26 heavy (non-hydrogen) atoms. The number of rotatable bonds is 4. The Morgan fingerprint density at radius 2 is 1.85 bits per heavy atom. The summed E-state index contributed by atoms with van der Waals surface area (Å²) in [5.41, 5.74) is 2.36. The number of likely N-dealkylation sites (N-methyl/N-ethyl adjacent to an activating group) is 1. The molecule has 4 rings (SSSR count). The fourth-order valence-electron chi connectivity index (χ4n) is 4.14. The van der Waals surface area contributed by atoms with E-state index in [2.05, 4.69) is 51.1 Å². The molecule has 6 nitrogen and oxygen atoms in total. The van der Waals surface area contributed by atoms with Crippen molar-refractivity contribution >= 4 is 0 Å². The Balaban J connectivity index is 1.31. The highest BCUT2D eigenvalue weighted by molar-refractivity contribution is 5.33. The molecule has 3 heterocycles. The predicted octanol–water partition coefficient (Wildman–Crippen LogP) is 1.05. The van der Waals surface area contributed by atoms with Gasteiger partial charge in [-0.15, -0.1) is 0 Å². The summed E-state index contributed by atoms with van der Waals surface area (Å²) in [6, 6.07) is 10.8. The van der Waals surface area contributed by atoms with Crippen molar-refractivity contribution in [2.24, 2.45) is 0 Å². The van der Waals surface area contributed by atoms with E-state index in [0.717, 1.165) is 57.9 Å². The molecule has 6 heteroatoms. The molecule has 140 valence electrons. The zero-order valence-electron chi connectivity index (χ0n) is 15.5. The normalized spacial score (nSPS) is 26.2. The lowest BCUT2D eigenvalue weighted by molar-refractivity contribution is -0.0286. The lowest BCUT2D eigenvalue weighted by Crippen LogP contribution is -2.58. The van der Waals surface area contributed by atoms with Gasteiger partial charge in [0.1, 0.15) is 0 Å². The van der Waals surface area contributed by atoms with Crippen LogP contribution in [0.15, 0.2) is 42.7 Å². The van der Waals surface area contributed by atoms with Gasteiger partial charge in [-0.2, -0.15) is 5.10 Å². The number of piperazine rings is 1. The second-order valence-electron chi connectivity index (χ2n) is 7.61. The second-order valence-corrected chi connectivity index (χ2v) is 7.61. The van der Waals surface area contributed by atoms with E-state index in [1.54, 1.807) is 6.20 Å². The summed E-state index contributed by atoms with van der Waals surface area (Å²) in [7, 11) is 2.17. The maximum atomic E-state index is 10.7. The van der Waals surface area contributed by atoms with Crippen LogP contribution in [0, 0.1) is 0 Å². The van der Waals surface area contributed by atoms with Gasteiger partial charge in [-0.05, 0) is 37.2 Å². The summed E-state index contributed by atoms with van der Waals surface area (Å²) in [4.78, 5) is 7.23. The molecule has 0 radical (unpaired) electrons. The lowest BCUT2D eigenvalue weighted by atomic mass is 9.98. The Kier molecular flexibility index (Phi) is 5.36. The van der Waals surface area contributed by atoms with Gasteiger partial charge in [0.2, 0.25) is 0 Å². The Labute approximate surface area is 155 Å². The molecule has 0 saturated carbocycles. The molecule has 0 spiro atoms. The predicted molar refractivity (Wildman–Crippen MR) is 102 cm³/mol. The van der Waals surface area contributed by atoms with Gasteiger partial charge in [-0.25, -0.2) is 4.68 Å². The van der Waals surface area contributed by atoms with E-state index in [1.807, 2.05) is 16.9 Å². The average molecular weight is 355 g/mol. The molecule has 2 saturated heterocycles. The molecule has 0 unspecified atom stereocenters. The van der Waals surface area contributed by atoms with Crippen LogP contribution in [0.5, 0.6) is 0 Å². The van der Waals surface area contributed by atoms with Gasteiger partial charge in [-0.3, -0.25) is 9.80 Å². The van der Waals surface area contributed by atoms with Gasteiger partial charge in [0, 0.05) is 64.2 Å². The smallest absolute Gasteiger partial charge is 0.0822 e. The van der Waals surface area contributed by atoms with Crippen molar-refractivity contribution in [3.63, 3.8) is 0 Å². The third-order valence-corrected chi connectivity index (χ3v) is 5.75. The van der Waals surface area contributed by atoms with Crippen molar-refractivity contribution in [1.29, 1.82) is 0 Å². The van der Waals surface area contributed by atoms with E-state index in [1.165, 1.54) is 5.56 Å². The van der Waals surface area contributed by atoms with Crippen LogP contribution in [0.4, 0.5) is 0 Å². The number of likely N-dealkylation sites (tertiary alicyclic amines) is 1. The molecule has 0 aliphatic carbocycles.